The molecule has 43 heavy (non-hydrogen) atoms. The molecule has 0 aliphatic carbocycles. The van der Waals surface area contributed by atoms with E-state index in [1.165, 1.54) is 6.07 Å². The minimum Gasteiger partial charge on any atom is -0.478 e. The number of carboxylic acids is 1. The summed E-state index contributed by atoms with van der Waals surface area (Å²) in [6.45, 7) is 7.44. The number of benzene rings is 3. The molecule has 0 radical (unpaired) electrons. The lowest BCUT2D eigenvalue weighted by Gasteiger charge is -2.40. The molecule has 6 rings (SSSR count). The Labute approximate surface area is 259 Å². The highest BCUT2D eigenvalue weighted by Crippen LogP contribution is 2.57. The van der Waals surface area contributed by atoms with E-state index in [2.05, 4.69) is 28.6 Å². The second-order valence-corrected chi connectivity index (χ2v) is 13.0. The number of carbonyl (C=O) groups is 2. The van der Waals surface area contributed by atoms with Crippen molar-refractivity contribution in [3.05, 3.63) is 93.5 Å². The van der Waals surface area contributed by atoms with E-state index in [1.807, 2.05) is 6.92 Å². The summed E-state index contributed by atoms with van der Waals surface area (Å²) in [5.74, 6) is -1.79. The van der Waals surface area contributed by atoms with Gasteiger partial charge in [-0.3, -0.25) is 9.69 Å². The Bertz CT molecular complexity index is 1740. The molecule has 1 fully saturated rings. The summed E-state index contributed by atoms with van der Waals surface area (Å²) in [4.78, 5) is 33.5. The Hall–Kier alpha value is -3.46. The molecular formula is C33H33Cl2FN4O3. The molecule has 0 spiro atoms. The van der Waals surface area contributed by atoms with Crippen molar-refractivity contribution in [2.24, 2.45) is 5.92 Å². The summed E-state index contributed by atoms with van der Waals surface area (Å²) in [6.07, 6.45) is 1.55. The molecule has 4 aromatic rings. The summed E-state index contributed by atoms with van der Waals surface area (Å²) in [5.41, 5.74) is 1.23. The van der Waals surface area contributed by atoms with Crippen LogP contribution in [0.25, 0.3) is 11.0 Å². The number of carbonyl (C=O) groups excluding carboxylic acids is 1. The normalized spacial score (nSPS) is 23.4. The monoisotopic (exact) mass is 622 g/mol. The molecule has 1 saturated heterocycles. The number of rotatable bonds is 7. The number of anilines is 1. The zero-order chi connectivity index (χ0) is 30.6. The van der Waals surface area contributed by atoms with Gasteiger partial charge in [-0.2, -0.15) is 0 Å². The smallest absolute Gasteiger partial charge is 0.335 e. The lowest BCUT2D eigenvalue weighted by Crippen LogP contribution is -2.56. The Balaban J connectivity index is 1.57. The maximum absolute atomic E-state index is 16.1. The van der Waals surface area contributed by atoms with Gasteiger partial charge in [-0.15, -0.1) is 0 Å². The highest BCUT2D eigenvalue weighted by Gasteiger charge is 2.63. The quantitative estimate of drug-likeness (QED) is 0.222. The average Bonchev–Trinajstić information content (AvgIpc) is 3.46. The first-order chi connectivity index (χ1) is 20.5. The molecule has 0 unspecified atom stereocenters. The Morgan fingerprint density at radius 3 is 2.63 bits per heavy atom. The van der Waals surface area contributed by atoms with E-state index in [0.29, 0.717) is 53.0 Å². The van der Waals surface area contributed by atoms with Crippen molar-refractivity contribution < 1.29 is 19.1 Å². The SMILES string of the molecule is CC(C)CCN1[C@H]2CCn3c(nc4cc(C(=O)O)ccc43)[C@H]2[C@H](c2cccc(Cl)c2F)[C@]1(C)C(=O)Nc1cccc(Cl)c1. The molecule has 1 amide bonds. The fraction of sp³-hybridized carbons (Fsp3) is 0.364. The largest absolute Gasteiger partial charge is 0.478 e. The number of hydrogen-bond donors (Lipinski definition) is 2. The number of amides is 1. The van der Waals surface area contributed by atoms with Crippen molar-refractivity contribution >= 4 is 51.8 Å². The van der Waals surface area contributed by atoms with Gasteiger partial charge in [-0.25, -0.2) is 14.2 Å². The minimum atomic E-state index is -1.20. The van der Waals surface area contributed by atoms with E-state index in [4.69, 9.17) is 28.2 Å². The Morgan fingerprint density at radius 2 is 1.91 bits per heavy atom. The number of fused-ring (bicyclic) bond motifs is 5. The van der Waals surface area contributed by atoms with Crippen molar-refractivity contribution in [2.45, 2.75) is 63.6 Å². The van der Waals surface area contributed by atoms with Crippen LogP contribution in [-0.2, 0) is 11.3 Å². The number of nitrogens with zero attached hydrogens (tertiary/aromatic N) is 3. The van der Waals surface area contributed by atoms with E-state index in [1.54, 1.807) is 54.6 Å². The maximum Gasteiger partial charge on any atom is 0.335 e. The summed E-state index contributed by atoms with van der Waals surface area (Å²) in [5, 5.41) is 13.2. The van der Waals surface area contributed by atoms with Crippen molar-refractivity contribution in [2.75, 3.05) is 11.9 Å². The Morgan fingerprint density at radius 1 is 1.14 bits per heavy atom. The lowest BCUT2D eigenvalue weighted by atomic mass is 9.73. The fourth-order valence-corrected chi connectivity index (χ4v) is 7.50. The zero-order valence-electron chi connectivity index (χ0n) is 24.2. The lowest BCUT2D eigenvalue weighted by molar-refractivity contribution is -0.127. The van der Waals surface area contributed by atoms with Crippen molar-refractivity contribution in [1.82, 2.24) is 14.5 Å². The number of hydrogen-bond acceptors (Lipinski definition) is 4. The number of aromatic nitrogens is 2. The van der Waals surface area contributed by atoms with Gasteiger partial charge in [-0.05, 0) is 80.3 Å². The predicted octanol–water partition coefficient (Wildman–Crippen LogP) is 7.58. The first kappa shape index (κ1) is 29.6. The van der Waals surface area contributed by atoms with Gasteiger partial charge in [0.2, 0.25) is 5.91 Å². The summed E-state index contributed by atoms with van der Waals surface area (Å²) in [7, 11) is 0. The number of aryl methyl sites for hydroxylation is 1. The standard InChI is InChI=1S/C33H33Cl2FN4O3/c1-18(2)12-15-40-26-13-14-39-25-11-10-19(31(41)42)16-24(25)38-30(39)27(26)28(22-8-5-9-23(35)29(22)36)33(40,3)32(43)37-21-7-4-6-20(34)17-21/h4-11,16-18,26-28H,12-15H2,1-3H3,(H,37,43)(H,41,42)/t26-,27+,28-,33+/m0/s1. The van der Waals surface area contributed by atoms with Crippen LogP contribution in [0.5, 0.6) is 0 Å². The minimum absolute atomic E-state index is 0.0114. The second kappa shape index (κ2) is 11.2. The van der Waals surface area contributed by atoms with Crippen LogP contribution in [0, 0.1) is 11.7 Å². The third-order valence-electron chi connectivity index (χ3n) is 9.15. The highest BCUT2D eigenvalue weighted by molar-refractivity contribution is 6.31. The van der Waals surface area contributed by atoms with Crippen molar-refractivity contribution in [3.63, 3.8) is 0 Å². The van der Waals surface area contributed by atoms with Gasteiger partial charge in [0, 0.05) is 35.1 Å². The number of aromatic carboxylic acids is 1. The van der Waals surface area contributed by atoms with Gasteiger partial charge in [0.25, 0.3) is 0 Å². The molecule has 4 atom stereocenters. The van der Waals surface area contributed by atoms with Crippen LogP contribution >= 0.6 is 23.2 Å². The van der Waals surface area contributed by atoms with E-state index in [-0.39, 0.29) is 28.5 Å². The van der Waals surface area contributed by atoms with E-state index < -0.39 is 23.2 Å². The molecule has 2 N–H and O–H groups in total. The van der Waals surface area contributed by atoms with Crippen LogP contribution in [0.1, 0.15) is 67.2 Å². The molecule has 2 aliphatic heterocycles. The van der Waals surface area contributed by atoms with E-state index in [9.17, 15) is 14.7 Å². The fourth-order valence-electron chi connectivity index (χ4n) is 7.13. The topological polar surface area (TPSA) is 87.5 Å². The molecule has 10 heteroatoms. The average molecular weight is 624 g/mol. The van der Waals surface area contributed by atoms with Crippen LogP contribution in [-0.4, -0.2) is 49.6 Å². The zero-order valence-corrected chi connectivity index (χ0v) is 25.7. The molecular weight excluding hydrogens is 590 g/mol. The number of nitrogens with one attached hydrogen (secondary N) is 1. The Kier molecular flexibility index (Phi) is 7.73. The van der Waals surface area contributed by atoms with Crippen LogP contribution in [0.2, 0.25) is 10.0 Å². The summed E-state index contributed by atoms with van der Waals surface area (Å²) in [6, 6.07) is 16.7. The molecule has 2 aliphatic rings. The maximum atomic E-state index is 16.1. The van der Waals surface area contributed by atoms with E-state index >= 15 is 4.39 Å². The summed E-state index contributed by atoms with van der Waals surface area (Å²) < 4.78 is 18.2. The van der Waals surface area contributed by atoms with Crippen molar-refractivity contribution in [1.29, 1.82) is 0 Å². The van der Waals surface area contributed by atoms with Crippen LogP contribution in [0.15, 0.2) is 60.7 Å². The van der Waals surface area contributed by atoms with Gasteiger partial charge in [0.15, 0.2) is 0 Å². The molecule has 0 bridgehead atoms. The van der Waals surface area contributed by atoms with Crippen LogP contribution in [0.3, 0.4) is 0 Å². The molecule has 3 aromatic carbocycles. The third kappa shape index (κ3) is 4.99. The number of likely N-dealkylation sites (tertiary alicyclic amines) is 1. The van der Waals surface area contributed by atoms with Gasteiger partial charge in [0.1, 0.15) is 17.2 Å². The van der Waals surface area contributed by atoms with Gasteiger partial charge < -0.3 is 15.0 Å². The number of imidazole rings is 1. The molecule has 7 nitrogen and oxygen atoms in total. The summed E-state index contributed by atoms with van der Waals surface area (Å²) >= 11 is 12.6. The molecule has 0 saturated carbocycles. The van der Waals surface area contributed by atoms with Gasteiger partial charge in [-0.1, -0.05) is 55.2 Å². The number of halogens is 3. The van der Waals surface area contributed by atoms with Crippen LogP contribution in [0.4, 0.5) is 10.1 Å². The first-order valence-corrected chi connectivity index (χ1v) is 15.3. The predicted molar refractivity (Wildman–Crippen MR) is 167 cm³/mol. The first-order valence-electron chi connectivity index (χ1n) is 14.5. The second-order valence-electron chi connectivity index (χ2n) is 12.1. The number of carboxylic acid groups (broad SMARTS) is 1. The van der Waals surface area contributed by atoms with Crippen LogP contribution < -0.4 is 5.32 Å². The highest BCUT2D eigenvalue weighted by atomic mass is 35.5. The molecule has 1 aromatic heterocycles. The molecule has 3 heterocycles. The van der Waals surface area contributed by atoms with Gasteiger partial charge in [0.05, 0.1) is 21.6 Å². The third-order valence-corrected chi connectivity index (χ3v) is 9.68. The van der Waals surface area contributed by atoms with Crippen molar-refractivity contribution in [3.8, 4) is 0 Å². The van der Waals surface area contributed by atoms with E-state index in [0.717, 1.165) is 11.9 Å². The van der Waals surface area contributed by atoms with Gasteiger partial charge >= 0.3 is 5.97 Å². The molecule has 224 valence electrons.